The zero-order valence-electron chi connectivity index (χ0n) is 10.1. The normalized spacial score (nSPS) is 10.3. The van der Waals surface area contributed by atoms with Crippen LogP contribution in [0, 0.1) is 10.1 Å². The Bertz CT molecular complexity index is 665. The Labute approximate surface area is 137 Å². The molecule has 0 atom stereocenters. The van der Waals surface area contributed by atoms with Gasteiger partial charge in [0.15, 0.2) is 0 Å². The summed E-state index contributed by atoms with van der Waals surface area (Å²) in [6, 6.07) is 10.4. The predicted octanol–water partition coefficient (Wildman–Crippen LogP) is 5.39. The van der Waals surface area contributed by atoms with Gasteiger partial charge in [-0.3, -0.25) is 10.1 Å². The van der Waals surface area contributed by atoms with Gasteiger partial charge in [-0.25, -0.2) is 0 Å². The summed E-state index contributed by atoms with van der Waals surface area (Å²) >= 11 is 12.5. The van der Waals surface area contributed by atoms with Crippen LogP contribution in [0.25, 0.3) is 0 Å². The molecule has 2 aromatic carbocycles. The molecule has 0 bridgehead atoms. The second-order valence-corrected chi connectivity index (χ2v) is 6.19. The molecule has 2 rings (SSSR count). The standard InChI is InChI=1S/C13H9Br2ClN2O2/c14-9-2-1-8(13(5-9)18(19)20)7-17-10-3-4-12(16)11(15)6-10/h1-6,17H,7H2. The first-order valence-corrected chi connectivity index (χ1v) is 7.55. The zero-order chi connectivity index (χ0) is 14.7. The Hall–Kier alpha value is -1.11. The molecule has 0 aliphatic heterocycles. The maximum atomic E-state index is 11.0. The summed E-state index contributed by atoms with van der Waals surface area (Å²) < 4.78 is 1.46. The van der Waals surface area contributed by atoms with Crippen LogP contribution < -0.4 is 5.32 Å². The minimum absolute atomic E-state index is 0.0832. The van der Waals surface area contributed by atoms with Gasteiger partial charge in [-0.15, -0.1) is 0 Å². The molecule has 0 amide bonds. The fourth-order valence-corrected chi connectivity index (χ4v) is 2.51. The zero-order valence-corrected chi connectivity index (χ0v) is 14.0. The van der Waals surface area contributed by atoms with Gasteiger partial charge in [0.05, 0.1) is 9.95 Å². The van der Waals surface area contributed by atoms with Gasteiger partial charge >= 0.3 is 0 Å². The second kappa shape index (κ2) is 6.56. The molecule has 0 fully saturated rings. The third-order valence-corrected chi connectivity index (χ3v) is 4.35. The Kier molecular flexibility index (Phi) is 5.01. The SMILES string of the molecule is O=[N+]([O-])c1cc(Br)ccc1CNc1ccc(Cl)c(Br)c1. The predicted molar refractivity (Wildman–Crippen MR) is 87.3 cm³/mol. The van der Waals surface area contributed by atoms with Crippen LogP contribution in [0.1, 0.15) is 5.56 Å². The molecule has 0 saturated carbocycles. The highest BCUT2D eigenvalue weighted by Gasteiger charge is 2.13. The summed E-state index contributed by atoms with van der Waals surface area (Å²) in [5.41, 5.74) is 1.53. The van der Waals surface area contributed by atoms with Crippen molar-refractivity contribution in [2.75, 3.05) is 5.32 Å². The molecule has 20 heavy (non-hydrogen) atoms. The second-order valence-electron chi connectivity index (χ2n) is 4.01. The first kappa shape index (κ1) is 15.3. The summed E-state index contributed by atoms with van der Waals surface area (Å²) in [6.45, 7) is 0.359. The summed E-state index contributed by atoms with van der Waals surface area (Å²) in [7, 11) is 0. The van der Waals surface area contributed by atoms with Crippen molar-refractivity contribution in [1.82, 2.24) is 0 Å². The number of hydrogen-bond acceptors (Lipinski definition) is 3. The van der Waals surface area contributed by atoms with Crippen LogP contribution >= 0.6 is 43.5 Å². The molecular formula is C13H9Br2ClN2O2. The third kappa shape index (κ3) is 3.71. The fraction of sp³-hybridized carbons (Fsp3) is 0.0769. The van der Waals surface area contributed by atoms with Crippen LogP contribution in [0.3, 0.4) is 0 Å². The van der Waals surface area contributed by atoms with Gasteiger partial charge in [0.25, 0.3) is 5.69 Å². The number of anilines is 1. The molecule has 2 aromatic rings. The lowest BCUT2D eigenvalue weighted by molar-refractivity contribution is -0.385. The van der Waals surface area contributed by atoms with Crippen molar-refractivity contribution in [3.63, 3.8) is 0 Å². The Balaban J connectivity index is 2.18. The first-order valence-electron chi connectivity index (χ1n) is 5.59. The number of hydrogen-bond donors (Lipinski definition) is 1. The summed E-state index contributed by atoms with van der Waals surface area (Å²) in [5.74, 6) is 0. The number of benzene rings is 2. The summed E-state index contributed by atoms with van der Waals surface area (Å²) in [4.78, 5) is 10.6. The molecule has 0 saturated heterocycles. The maximum absolute atomic E-state index is 11.0. The van der Waals surface area contributed by atoms with E-state index in [0.29, 0.717) is 21.6 Å². The molecule has 0 aliphatic rings. The fourth-order valence-electron chi connectivity index (χ4n) is 1.66. The highest BCUT2D eigenvalue weighted by molar-refractivity contribution is 9.10. The number of nitro benzene ring substituents is 1. The van der Waals surface area contributed by atoms with Crippen LogP contribution in [0.4, 0.5) is 11.4 Å². The van der Waals surface area contributed by atoms with Gasteiger partial charge in [-0.1, -0.05) is 27.5 Å². The molecule has 0 aromatic heterocycles. The topological polar surface area (TPSA) is 55.2 Å². The van der Waals surface area contributed by atoms with E-state index in [9.17, 15) is 10.1 Å². The summed E-state index contributed by atoms with van der Waals surface area (Å²) in [5, 5.41) is 14.8. The van der Waals surface area contributed by atoms with Gasteiger partial charge in [-0.2, -0.15) is 0 Å². The van der Waals surface area contributed by atoms with Gasteiger partial charge in [0.2, 0.25) is 0 Å². The van der Waals surface area contributed by atoms with Gasteiger partial charge in [-0.05, 0) is 46.3 Å². The van der Waals surface area contributed by atoms with E-state index in [1.54, 1.807) is 18.2 Å². The lowest BCUT2D eigenvalue weighted by Gasteiger charge is -2.08. The van der Waals surface area contributed by atoms with Crippen LogP contribution in [-0.2, 0) is 6.54 Å². The molecule has 0 heterocycles. The lowest BCUT2D eigenvalue weighted by Crippen LogP contribution is -2.03. The highest BCUT2D eigenvalue weighted by Crippen LogP contribution is 2.27. The molecule has 0 radical (unpaired) electrons. The average Bonchev–Trinajstić information content (AvgIpc) is 2.41. The van der Waals surface area contributed by atoms with Crippen LogP contribution in [0.2, 0.25) is 5.02 Å². The number of nitro groups is 1. The Morgan fingerprint density at radius 2 is 1.95 bits per heavy atom. The van der Waals surface area contributed by atoms with Gasteiger partial charge in [0, 0.05) is 32.8 Å². The van der Waals surface area contributed by atoms with Gasteiger partial charge in [0.1, 0.15) is 0 Å². The summed E-state index contributed by atoms with van der Waals surface area (Å²) in [6.07, 6.45) is 0. The Morgan fingerprint density at radius 1 is 1.20 bits per heavy atom. The lowest BCUT2D eigenvalue weighted by atomic mass is 10.2. The maximum Gasteiger partial charge on any atom is 0.275 e. The van der Waals surface area contributed by atoms with Crippen molar-refractivity contribution in [2.24, 2.45) is 0 Å². The van der Waals surface area contributed by atoms with E-state index in [-0.39, 0.29) is 10.6 Å². The van der Waals surface area contributed by atoms with E-state index < -0.39 is 0 Å². The van der Waals surface area contributed by atoms with Crippen molar-refractivity contribution < 1.29 is 4.92 Å². The van der Waals surface area contributed by atoms with E-state index in [1.165, 1.54) is 6.07 Å². The molecule has 0 spiro atoms. The van der Waals surface area contributed by atoms with E-state index in [4.69, 9.17) is 11.6 Å². The van der Waals surface area contributed by atoms with Crippen LogP contribution in [0.5, 0.6) is 0 Å². The minimum Gasteiger partial charge on any atom is -0.381 e. The quantitative estimate of drug-likeness (QED) is 0.533. The van der Waals surface area contributed by atoms with E-state index in [2.05, 4.69) is 37.2 Å². The monoisotopic (exact) mass is 418 g/mol. The van der Waals surface area contributed by atoms with E-state index in [1.807, 2.05) is 12.1 Å². The van der Waals surface area contributed by atoms with Crippen LogP contribution in [-0.4, -0.2) is 4.92 Å². The third-order valence-electron chi connectivity index (χ3n) is 2.65. The van der Waals surface area contributed by atoms with Crippen molar-refractivity contribution >= 4 is 54.8 Å². The molecule has 7 heteroatoms. The Morgan fingerprint density at radius 3 is 2.60 bits per heavy atom. The molecule has 104 valence electrons. The van der Waals surface area contributed by atoms with E-state index in [0.717, 1.165) is 10.2 Å². The van der Waals surface area contributed by atoms with Gasteiger partial charge < -0.3 is 5.32 Å². The molecule has 4 nitrogen and oxygen atoms in total. The molecule has 0 unspecified atom stereocenters. The molecular weight excluding hydrogens is 411 g/mol. The molecule has 1 N–H and O–H groups in total. The number of halogens is 3. The van der Waals surface area contributed by atoms with Crippen molar-refractivity contribution in [1.29, 1.82) is 0 Å². The number of nitrogens with one attached hydrogen (secondary N) is 1. The largest absolute Gasteiger partial charge is 0.381 e. The number of nitrogens with zero attached hydrogens (tertiary/aromatic N) is 1. The molecule has 0 aliphatic carbocycles. The van der Waals surface area contributed by atoms with Crippen molar-refractivity contribution in [3.05, 3.63) is 66.0 Å². The van der Waals surface area contributed by atoms with E-state index >= 15 is 0 Å². The minimum atomic E-state index is -0.389. The first-order chi connectivity index (χ1) is 9.47. The van der Waals surface area contributed by atoms with Crippen LogP contribution in [0.15, 0.2) is 45.3 Å². The average molecular weight is 420 g/mol. The van der Waals surface area contributed by atoms with Crippen molar-refractivity contribution in [3.8, 4) is 0 Å². The van der Waals surface area contributed by atoms with Crippen molar-refractivity contribution in [2.45, 2.75) is 6.54 Å². The highest BCUT2D eigenvalue weighted by atomic mass is 79.9. The smallest absolute Gasteiger partial charge is 0.275 e. The number of rotatable bonds is 4.